The van der Waals surface area contributed by atoms with Crippen LogP contribution in [0.2, 0.25) is 0 Å². The molecule has 1 unspecified atom stereocenters. The second-order valence-corrected chi connectivity index (χ2v) is 6.29. The predicted molar refractivity (Wildman–Crippen MR) is 52.3 cm³/mol. The molecule has 0 amide bonds. The van der Waals surface area contributed by atoms with Crippen molar-refractivity contribution >= 4 is 9.84 Å². The topological polar surface area (TPSA) is 54.4 Å². The summed E-state index contributed by atoms with van der Waals surface area (Å²) in [5.41, 5.74) is 0. The summed E-state index contributed by atoms with van der Waals surface area (Å²) >= 11 is 0. The van der Waals surface area contributed by atoms with Crippen molar-refractivity contribution < 1.29 is 13.5 Å². The van der Waals surface area contributed by atoms with Gasteiger partial charge >= 0.3 is 0 Å². The molecule has 0 aromatic heterocycles. The summed E-state index contributed by atoms with van der Waals surface area (Å²) < 4.78 is 21.6. The molecule has 4 heteroatoms. The van der Waals surface area contributed by atoms with E-state index in [9.17, 15) is 13.5 Å². The van der Waals surface area contributed by atoms with Crippen LogP contribution in [0, 0.1) is 5.92 Å². The van der Waals surface area contributed by atoms with Crippen molar-refractivity contribution in [2.45, 2.75) is 38.2 Å². The third kappa shape index (κ3) is 4.09. The van der Waals surface area contributed by atoms with Crippen molar-refractivity contribution in [3.63, 3.8) is 0 Å². The largest absolute Gasteiger partial charge is 0.393 e. The molecule has 1 fully saturated rings. The lowest BCUT2D eigenvalue weighted by Crippen LogP contribution is -2.27. The molecule has 0 saturated heterocycles. The molecule has 3 nitrogen and oxygen atoms in total. The van der Waals surface area contributed by atoms with Crippen LogP contribution in [0.15, 0.2) is 0 Å². The Morgan fingerprint density at radius 1 is 1.46 bits per heavy atom. The number of aliphatic hydroxyl groups excluding tert-OH is 1. The zero-order chi connectivity index (χ0) is 9.90. The molecule has 1 saturated carbocycles. The maximum Gasteiger partial charge on any atom is 0.147 e. The van der Waals surface area contributed by atoms with E-state index in [-0.39, 0.29) is 11.9 Å². The van der Waals surface area contributed by atoms with E-state index in [1.165, 1.54) is 12.7 Å². The fraction of sp³-hybridized carbons (Fsp3) is 1.00. The molecule has 13 heavy (non-hydrogen) atoms. The van der Waals surface area contributed by atoms with Gasteiger partial charge in [0.05, 0.1) is 6.10 Å². The van der Waals surface area contributed by atoms with Gasteiger partial charge in [-0.2, -0.15) is 0 Å². The van der Waals surface area contributed by atoms with Crippen molar-refractivity contribution in [3.8, 4) is 0 Å². The maximum absolute atomic E-state index is 10.8. The Labute approximate surface area is 80.1 Å². The molecule has 78 valence electrons. The van der Waals surface area contributed by atoms with Crippen LogP contribution in [-0.2, 0) is 9.84 Å². The van der Waals surface area contributed by atoms with Gasteiger partial charge in [-0.05, 0) is 31.6 Å². The Morgan fingerprint density at radius 2 is 2.08 bits per heavy atom. The van der Waals surface area contributed by atoms with Crippen molar-refractivity contribution in [2.75, 3.05) is 12.0 Å². The van der Waals surface area contributed by atoms with Crippen LogP contribution < -0.4 is 0 Å². The first-order valence-corrected chi connectivity index (χ1v) is 6.91. The van der Waals surface area contributed by atoms with Gasteiger partial charge in [0.25, 0.3) is 0 Å². The van der Waals surface area contributed by atoms with Gasteiger partial charge in [-0.25, -0.2) is 8.42 Å². The number of rotatable bonds is 5. The molecule has 1 aliphatic rings. The van der Waals surface area contributed by atoms with E-state index < -0.39 is 9.84 Å². The summed E-state index contributed by atoms with van der Waals surface area (Å²) in [6, 6.07) is 0. The molecule has 0 aliphatic heterocycles. The first kappa shape index (κ1) is 11.0. The van der Waals surface area contributed by atoms with Gasteiger partial charge in [-0.15, -0.1) is 0 Å². The average molecular weight is 206 g/mol. The molecule has 1 aliphatic carbocycles. The Balaban J connectivity index is 2.11. The monoisotopic (exact) mass is 206 g/mol. The van der Waals surface area contributed by atoms with Crippen LogP contribution in [0.25, 0.3) is 0 Å². The van der Waals surface area contributed by atoms with Gasteiger partial charge in [0.2, 0.25) is 0 Å². The lowest BCUT2D eigenvalue weighted by molar-refractivity contribution is 0.0554. The Hall–Kier alpha value is -0.0900. The average Bonchev–Trinajstić information content (AvgIpc) is 1.79. The molecule has 0 radical (unpaired) electrons. The molecule has 0 heterocycles. The maximum atomic E-state index is 10.8. The van der Waals surface area contributed by atoms with Gasteiger partial charge in [-0.3, -0.25) is 0 Å². The fourth-order valence-corrected chi connectivity index (χ4v) is 2.31. The molecule has 0 aromatic carbocycles. The highest BCUT2D eigenvalue weighted by atomic mass is 32.2. The van der Waals surface area contributed by atoms with Crippen molar-refractivity contribution in [1.29, 1.82) is 0 Å². The van der Waals surface area contributed by atoms with Crippen LogP contribution >= 0.6 is 0 Å². The van der Waals surface area contributed by atoms with E-state index in [4.69, 9.17) is 0 Å². The standard InChI is InChI=1S/C9H18O3S/c1-13(11,12)7-3-6-9(10)8-4-2-5-8/h8-10H,2-7H2,1H3. The molecule has 1 atom stereocenters. The van der Waals surface area contributed by atoms with Gasteiger partial charge < -0.3 is 5.11 Å². The van der Waals surface area contributed by atoms with E-state index in [1.54, 1.807) is 0 Å². The smallest absolute Gasteiger partial charge is 0.147 e. The summed E-state index contributed by atoms with van der Waals surface area (Å²) in [6.45, 7) is 0. The molecule has 0 bridgehead atoms. The summed E-state index contributed by atoms with van der Waals surface area (Å²) in [5, 5.41) is 9.57. The number of hydrogen-bond donors (Lipinski definition) is 1. The second kappa shape index (κ2) is 4.42. The molecule has 1 rings (SSSR count). The number of hydrogen-bond acceptors (Lipinski definition) is 3. The number of aliphatic hydroxyl groups is 1. The zero-order valence-electron chi connectivity index (χ0n) is 8.07. The highest BCUT2D eigenvalue weighted by molar-refractivity contribution is 7.90. The van der Waals surface area contributed by atoms with Crippen molar-refractivity contribution in [1.82, 2.24) is 0 Å². The summed E-state index contributed by atoms with van der Waals surface area (Å²) in [6.07, 6.45) is 5.64. The fourth-order valence-electron chi connectivity index (χ4n) is 1.61. The molecular formula is C9H18O3S. The highest BCUT2D eigenvalue weighted by Gasteiger charge is 2.25. The zero-order valence-corrected chi connectivity index (χ0v) is 8.89. The van der Waals surface area contributed by atoms with Crippen LogP contribution in [0.1, 0.15) is 32.1 Å². The van der Waals surface area contributed by atoms with E-state index in [1.807, 2.05) is 0 Å². The lowest BCUT2D eigenvalue weighted by Gasteiger charge is -2.30. The van der Waals surface area contributed by atoms with Crippen LogP contribution in [0.4, 0.5) is 0 Å². The van der Waals surface area contributed by atoms with E-state index in [0.29, 0.717) is 18.8 Å². The molecular weight excluding hydrogens is 188 g/mol. The quantitative estimate of drug-likeness (QED) is 0.729. The first-order valence-electron chi connectivity index (χ1n) is 4.85. The third-order valence-electron chi connectivity index (χ3n) is 2.71. The van der Waals surface area contributed by atoms with Crippen molar-refractivity contribution in [2.24, 2.45) is 5.92 Å². The SMILES string of the molecule is CS(=O)(=O)CCCC(O)C1CCC1. The summed E-state index contributed by atoms with van der Waals surface area (Å²) in [5.74, 6) is 0.649. The van der Waals surface area contributed by atoms with Crippen LogP contribution in [-0.4, -0.2) is 31.6 Å². The highest BCUT2D eigenvalue weighted by Crippen LogP contribution is 2.31. The summed E-state index contributed by atoms with van der Waals surface area (Å²) in [4.78, 5) is 0. The normalized spacial score (nSPS) is 21.1. The molecule has 0 aromatic rings. The van der Waals surface area contributed by atoms with E-state index in [0.717, 1.165) is 12.8 Å². The summed E-state index contributed by atoms with van der Waals surface area (Å²) in [7, 11) is -2.85. The molecule has 0 spiro atoms. The van der Waals surface area contributed by atoms with Crippen molar-refractivity contribution in [3.05, 3.63) is 0 Å². The van der Waals surface area contributed by atoms with E-state index in [2.05, 4.69) is 0 Å². The minimum Gasteiger partial charge on any atom is -0.393 e. The Bertz CT molecular complexity index is 242. The van der Waals surface area contributed by atoms with E-state index >= 15 is 0 Å². The first-order chi connectivity index (χ1) is 5.99. The van der Waals surface area contributed by atoms with Gasteiger partial charge in [0, 0.05) is 12.0 Å². The van der Waals surface area contributed by atoms with Gasteiger partial charge in [-0.1, -0.05) is 6.42 Å². The van der Waals surface area contributed by atoms with Crippen LogP contribution in [0.5, 0.6) is 0 Å². The Kier molecular flexibility index (Phi) is 3.74. The minimum atomic E-state index is -2.85. The minimum absolute atomic E-state index is 0.205. The van der Waals surface area contributed by atoms with Crippen LogP contribution in [0.3, 0.4) is 0 Å². The lowest BCUT2D eigenvalue weighted by atomic mass is 9.80. The van der Waals surface area contributed by atoms with Gasteiger partial charge in [0.1, 0.15) is 9.84 Å². The number of sulfone groups is 1. The Morgan fingerprint density at radius 3 is 2.46 bits per heavy atom. The van der Waals surface area contributed by atoms with Gasteiger partial charge in [0.15, 0.2) is 0 Å². The molecule has 1 N–H and O–H groups in total. The second-order valence-electron chi connectivity index (χ2n) is 4.03. The predicted octanol–water partition coefficient (Wildman–Crippen LogP) is 0.972. The third-order valence-corrected chi connectivity index (χ3v) is 3.74.